The molecule has 0 radical (unpaired) electrons. The molecule has 3 aromatic rings. The van der Waals surface area contributed by atoms with E-state index >= 15 is 0 Å². The number of nitrogens with one attached hydrogen (secondary N) is 1. The second-order valence-electron chi connectivity index (χ2n) is 7.50. The normalized spacial score (nSPS) is 20.1. The van der Waals surface area contributed by atoms with Crippen molar-refractivity contribution in [1.29, 1.82) is 0 Å². The van der Waals surface area contributed by atoms with Gasteiger partial charge >= 0.3 is 0 Å². The third-order valence-corrected chi connectivity index (χ3v) is 7.71. The molecule has 1 saturated heterocycles. The summed E-state index contributed by atoms with van der Waals surface area (Å²) in [5.74, 6) is 0.221. The first-order chi connectivity index (χ1) is 14.4. The van der Waals surface area contributed by atoms with Gasteiger partial charge in [-0.25, -0.2) is 4.98 Å². The number of aryl methyl sites for hydroxylation is 1. The number of amidine groups is 1. The van der Waals surface area contributed by atoms with Crippen LogP contribution in [0.25, 0.3) is 10.2 Å². The molecular weight excluding hydrogens is 420 g/mol. The van der Waals surface area contributed by atoms with Crippen molar-refractivity contribution in [1.82, 2.24) is 9.88 Å². The highest BCUT2D eigenvalue weighted by Gasteiger charge is 2.37. The van der Waals surface area contributed by atoms with E-state index in [2.05, 4.69) is 14.7 Å². The van der Waals surface area contributed by atoms with Crippen molar-refractivity contribution in [3.8, 4) is 0 Å². The molecule has 30 heavy (non-hydrogen) atoms. The summed E-state index contributed by atoms with van der Waals surface area (Å²) in [6, 6.07) is 12.0. The number of rotatable bonds is 2. The summed E-state index contributed by atoms with van der Waals surface area (Å²) in [6.07, 6.45) is 2.44. The van der Waals surface area contributed by atoms with Gasteiger partial charge < -0.3 is 10.2 Å². The number of carbonyl (C=O) groups excluding carboxylic acids is 1. The number of nitrogens with zero attached hydrogens (tertiary/aromatic N) is 3. The van der Waals surface area contributed by atoms with Gasteiger partial charge in [0.05, 0.1) is 15.2 Å². The predicted octanol–water partition coefficient (Wildman–Crippen LogP) is 3.55. The first-order valence-corrected chi connectivity index (χ1v) is 12.1. The van der Waals surface area contributed by atoms with Crippen LogP contribution in [0.3, 0.4) is 0 Å². The van der Waals surface area contributed by atoms with Crippen LogP contribution in [-0.2, 0) is 14.8 Å². The maximum atomic E-state index is 13.2. The molecule has 154 valence electrons. The third-order valence-electron chi connectivity index (χ3n) is 5.45. The monoisotopic (exact) mass is 440 g/mol. The molecule has 1 aromatic heterocycles. The average Bonchev–Trinajstić information content (AvgIpc) is 3.24. The quantitative estimate of drug-likeness (QED) is 0.658. The van der Waals surface area contributed by atoms with Gasteiger partial charge in [0.15, 0.2) is 5.84 Å². The maximum Gasteiger partial charge on any atom is 0.285 e. The summed E-state index contributed by atoms with van der Waals surface area (Å²) >= 11 is 1.58. The Bertz CT molecular complexity index is 1300. The fourth-order valence-corrected chi connectivity index (χ4v) is 6.18. The Kier molecular flexibility index (Phi) is 4.59. The summed E-state index contributed by atoms with van der Waals surface area (Å²) in [7, 11) is -3.73. The molecule has 0 spiro atoms. The van der Waals surface area contributed by atoms with Gasteiger partial charge in [-0.3, -0.25) is 4.79 Å². The summed E-state index contributed by atoms with van der Waals surface area (Å²) < 4.78 is 30.0. The Balaban J connectivity index is 1.44. The molecule has 5 rings (SSSR count). The lowest BCUT2D eigenvalue weighted by Gasteiger charge is -2.36. The number of sulfonamides is 1. The Morgan fingerprint density at radius 1 is 1.20 bits per heavy atom. The number of likely N-dealkylation sites (tertiary alicyclic amines) is 1. The molecule has 2 aromatic carbocycles. The Morgan fingerprint density at radius 3 is 2.90 bits per heavy atom. The minimum absolute atomic E-state index is 0.153. The van der Waals surface area contributed by atoms with Crippen LogP contribution in [0, 0.1) is 6.92 Å². The van der Waals surface area contributed by atoms with E-state index in [9.17, 15) is 13.2 Å². The van der Waals surface area contributed by atoms with Gasteiger partial charge in [-0.05, 0) is 56.5 Å². The van der Waals surface area contributed by atoms with Gasteiger partial charge in [-0.1, -0.05) is 12.1 Å². The van der Waals surface area contributed by atoms with E-state index in [1.807, 2.05) is 30.0 Å². The number of carbonyl (C=O) groups is 1. The first kappa shape index (κ1) is 19.2. The number of hydrogen-bond acceptors (Lipinski definition) is 6. The van der Waals surface area contributed by atoms with E-state index in [0.717, 1.165) is 28.1 Å². The summed E-state index contributed by atoms with van der Waals surface area (Å²) in [5, 5.41) is 3.98. The van der Waals surface area contributed by atoms with Gasteiger partial charge in [-0.15, -0.1) is 15.7 Å². The SMILES string of the molecule is Cc1nc2ccc(NC(=O)[C@H]3CCCCN3C3=NS(=O)(=O)c4ccccc43)cc2s1. The topological polar surface area (TPSA) is 91.7 Å². The van der Waals surface area contributed by atoms with Crippen LogP contribution in [0.5, 0.6) is 0 Å². The fourth-order valence-electron chi connectivity index (χ4n) is 4.10. The van der Waals surface area contributed by atoms with Crippen LogP contribution in [0.15, 0.2) is 51.8 Å². The summed E-state index contributed by atoms with van der Waals surface area (Å²) in [6.45, 7) is 2.55. The minimum Gasteiger partial charge on any atom is -0.343 e. The molecular formula is C21H20N4O3S2. The van der Waals surface area contributed by atoms with E-state index in [4.69, 9.17) is 0 Å². The zero-order valence-electron chi connectivity index (χ0n) is 16.3. The molecule has 2 aliphatic rings. The molecule has 1 amide bonds. The van der Waals surface area contributed by atoms with Crippen LogP contribution >= 0.6 is 11.3 Å². The second-order valence-corrected chi connectivity index (χ2v) is 10.3. The lowest BCUT2D eigenvalue weighted by molar-refractivity contribution is -0.120. The molecule has 3 heterocycles. The minimum atomic E-state index is -3.73. The number of hydrogen-bond donors (Lipinski definition) is 1. The molecule has 1 fully saturated rings. The van der Waals surface area contributed by atoms with Gasteiger partial charge in [0, 0.05) is 17.8 Å². The van der Waals surface area contributed by atoms with Crippen LogP contribution in [0.1, 0.15) is 29.8 Å². The van der Waals surface area contributed by atoms with Crippen molar-refractivity contribution in [3.63, 3.8) is 0 Å². The number of aromatic nitrogens is 1. The molecule has 7 nitrogen and oxygen atoms in total. The van der Waals surface area contributed by atoms with Crippen LogP contribution in [-0.4, -0.2) is 42.6 Å². The Morgan fingerprint density at radius 2 is 2.03 bits per heavy atom. The van der Waals surface area contributed by atoms with Gasteiger partial charge in [0.25, 0.3) is 10.0 Å². The fraction of sp³-hybridized carbons (Fsp3) is 0.286. The molecule has 0 unspecified atom stereocenters. The van der Waals surface area contributed by atoms with Crippen molar-refractivity contribution in [2.24, 2.45) is 4.40 Å². The maximum absolute atomic E-state index is 13.2. The number of piperidine rings is 1. The Labute approximate surface area is 178 Å². The van der Waals surface area contributed by atoms with Crippen LogP contribution in [0.2, 0.25) is 0 Å². The first-order valence-electron chi connectivity index (χ1n) is 9.81. The number of amides is 1. The molecule has 0 saturated carbocycles. The number of fused-ring (bicyclic) bond motifs is 2. The van der Waals surface area contributed by atoms with Crippen molar-refractivity contribution >= 4 is 49.0 Å². The van der Waals surface area contributed by atoms with E-state index in [1.165, 1.54) is 0 Å². The van der Waals surface area contributed by atoms with E-state index < -0.39 is 16.1 Å². The standard InChI is InChI=1S/C21H20N4O3S2/c1-13-22-16-10-9-14(12-18(16)29-13)23-21(26)17-7-4-5-11-25(17)20-15-6-2-3-8-19(15)30(27,28)24-20/h2-3,6,8-10,12,17H,4-5,7,11H2,1H3,(H,23,26)/t17-/m1/s1. The number of benzene rings is 2. The smallest absolute Gasteiger partial charge is 0.285 e. The van der Waals surface area contributed by atoms with E-state index in [1.54, 1.807) is 35.6 Å². The summed E-state index contributed by atoms with van der Waals surface area (Å²) in [4.78, 5) is 19.7. The lowest BCUT2D eigenvalue weighted by Crippen LogP contribution is -2.50. The van der Waals surface area contributed by atoms with E-state index in [0.29, 0.717) is 30.1 Å². The molecule has 0 bridgehead atoms. The molecule has 1 atom stereocenters. The lowest BCUT2D eigenvalue weighted by atomic mass is 9.99. The van der Waals surface area contributed by atoms with Crippen molar-refractivity contribution in [3.05, 3.63) is 53.0 Å². The Hall–Kier alpha value is -2.78. The highest BCUT2D eigenvalue weighted by atomic mass is 32.2. The number of anilines is 1. The largest absolute Gasteiger partial charge is 0.343 e. The van der Waals surface area contributed by atoms with Gasteiger partial charge in [0.2, 0.25) is 5.91 Å². The molecule has 9 heteroatoms. The van der Waals surface area contributed by atoms with Gasteiger partial charge in [-0.2, -0.15) is 8.42 Å². The van der Waals surface area contributed by atoms with E-state index in [-0.39, 0.29) is 10.8 Å². The highest BCUT2D eigenvalue weighted by Crippen LogP contribution is 2.31. The van der Waals surface area contributed by atoms with Crippen molar-refractivity contribution in [2.45, 2.75) is 37.1 Å². The van der Waals surface area contributed by atoms with Crippen LogP contribution < -0.4 is 5.32 Å². The van der Waals surface area contributed by atoms with Crippen molar-refractivity contribution < 1.29 is 13.2 Å². The highest BCUT2D eigenvalue weighted by molar-refractivity contribution is 7.90. The van der Waals surface area contributed by atoms with Crippen LogP contribution in [0.4, 0.5) is 5.69 Å². The third kappa shape index (κ3) is 3.27. The number of thiazole rings is 1. The molecule has 0 aliphatic carbocycles. The zero-order valence-corrected chi connectivity index (χ0v) is 18.0. The average molecular weight is 441 g/mol. The molecule has 2 aliphatic heterocycles. The second kappa shape index (κ2) is 7.17. The van der Waals surface area contributed by atoms with Crippen molar-refractivity contribution in [2.75, 3.05) is 11.9 Å². The predicted molar refractivity (Wildman–Crippen MR) is 117 cm³/mol. The summed E-state index contributed by atoms with van der Waals surface area (Å²) in [5.41, 5.74) is 2.19. The van der Waals surface area contributed by atoms with Gasteiger partial charge in [0.1, 0.15) is 10.9 Å². The molecule has 1 N–H and O–H groups in total. The zero-order chi connectivity index (χ0) is 20.9.